The van der Waals surface area contributed by atoms with E-state index in [2.05, 4.69) is 0 Å². The van der Waals surface area contributed by atoms with Crippen LogP contribution in [-0.2, 0) is 10.0 Å². The summed E-state index contributed by atoms with van der Waals surface area (Å²) >= 11 is 5.37. The molecule has 6 nitrogen and oxygen atoms in total. The van der Waals surface area contributed by atoms with Crippen LogP contribution in [-0.4, -0.2) is 43.7 Å². The fraction of sp³-hybridized carbons (Fsp3) is 0.300. The number of rotatable bonds is 6. The summed E-state index contributed by atoms with van der Waals surface area (Å²) in [5.74, 6) is -2.96. The van der Waals surface area contributed by atoms with E-state index in [1.54, 1.807) is 4.72 Å². The summed E-state index contributed by atoms with van der Waals surface area (Å²) in [7, 11) is -4.49. The SMILES string of the molecule is O=C(O)c1cc(S(=O)(=O)NCC(O)C(F)F)cc(F)c1Cl. The minimum absolute atomic E-state index is 0.436. The van der Waals surface area contributed by atoms with Crippen LogP contribution >= 0.6 is 11.6 Å². The minimum atomic E-state index is -4.49. The molecule has 1 unspecified atom stereocenters. The van der Waals surface area contributed by atoms with Crippen molar-refractivity contribution in [1.82, 2.24) is 4.72 Å². The molecule has 3 N–H and O–H groups in total. The average Bonchev–Trinajstić information content (AvgIpc) is 2.38. The van der Waals surface area contributed by atoms with Crippen molar-refractivity contribution in [3.05, 3.63) is 28.5 Å². The number of carboxylic acids is 1. The van der Waals surface area contributed by atoms with Gasteiger partial charge in [0, 0.05) is 6.54 Å². The first kappa shape index (κ1) is 17.7. The van der Waals surface area contributed by atoms with Gasteiger partial charge < -0.3 is 10.2 Å². The first-order valence-electron chi connectivity index (χ1n) is 5.24. The van der Waals surface area contributed by atoms with Crippen molar-refractivity contribution in [3.8, 4) is 0 Å². The van der Waals surface area contributed by atoms with E-state index >= 15 is 0 Å². The molecule has 0 aliphatic carbocycles. The fourth-order valence-corrected chi connectivity index (χ4v) is 2.52. The molecule has 0 aliphatic heterocycles. The van der Waals surface area contributed by atoms with Crippen LogP contribution in [0.3, 0.4) is 0 Å². The Morgan fingerprint density at radius 1 is 1.38 bits per heavy atom. The van der Waals surface area contributed by atoms with Crippen LogP contribution in [0.4, 0.5) is 13.2 Å². The molecule has 1 aromatic rings. The van der Waals surface area contributed by atoms with Crippen molar-refractivity contribution in [2.45, 2.75) is 17.4 Å². The molecule has 0 amide bonds. The van der Waals surface area contributed by atoms with Crippen LogP contribution in [0.25, 0.3) is 0 Å². The number of benzene rings is 1. The molecule has 0 heterocycles. The van der Waals surface area contributed by atoms with E-state index in [0.717, 1.165) is 0 Å². The molecule has 0 aromatic heterocycles. The number of hydrogen-bond acceptors (Lipinski definition) is 4. The third-order valence-electron chi connectivity index (χ3n) is 2.32. The van der Waals surface area contributed by atoms with Crippen LogP contribution in [0.5, 0.6) is 0 Å². The summed E-state index contributed by atoms with van der Waals surface area (Å²) < 4.78 is 62.6. The van der Waals surface area contributed by atoms with Crippen LogP contribution in [0, 0.1) is 5.82 Å². The second-order valence-corrected chi connectivity index (χ2v) is 5.97. The number of nitrogens with one attached hydrogen (secondary N) is 1. The molecule has 118 valence electrons. The monoisotopic (exact) mass is 347 g/mol. The van der Waals surface area contributed by atoms with Crippen LogP contribution < -0.4 is 4.72 Å². The van der Waals surface area contributed by atoms with E-state index in [4.69, 9.17) is 21.8 Å². The highest BCUT2D eigenvalue weighted by atomic mass is 35.5. The maximum Gasteiger partial charge on any atom is 0.337 e. The topological polar surface area (TPSA) is 104 Å². The van der Waals surface area contributed by atoms with Gasteiger partial charge in [-0.05, 0) is 12.1 Å². The highest BCUT2D eigenvalue weighted by Crippen LogP contribution is 2.24. The van der Waals surface area contributed by atoms with Crippen molar-refractivity contribution in [3.63, 3.8) is 0 Å². The smallest absolute Gasteiger partial charge is 0.337 e. The lowest BCUT2D eigenvalue weighted by molar-refractivity contribution is -0.000452. The summed E-state index contributed by atoms with van der Waals surface area (Å²) in [5, 5.41) is 16.8. The maximum absolute atomic E-state index is 13.4. The van der Waals surface area contributed by atoms with Gasteiger partial charge >= 0.3 is 5.97 Å². The van der Waals surface area contributed by atoms with Gasteiger partial charge in [-0.2, -0.15) is 0 Å². The zero-order valence-electron chi connectivity index (χ0n) is 10.1. The van der Waals surface area contributed by atoms with Crippen molar-refractivity contribution in [2.24, 2.45) is 0 Å². The lowest BCUT2D eigenvalue weighted by atomic mass is 10.2. The fourth-order valence-electron chi connectivity index (χ4n) is 1.24. The van der Waals surface area contributed by atoms with E-state index in [9.17, 15) is 26.4 Å². The molecule has 0 bridgehead atoms. The van der Waals surface area contributed by atoms with Gasteiger partial charge in [0.25, 0.3) is 6.43 Å². The van der Waals surface area contributed by atoms with Crippen LogP contribution in [0.15, 0.2) is 17.0 Å². The lowest BCUT2D eigenvalue weighted by Crippen LogP contribution is -2.35. The number of aliphatic hydroxyl groups excluding tert-OH is 1. The Labute approximate surface area is 122 Å². The third-order valence-corrected chi connectivity index (χ3v) is 4.10. The Bertz CT molecular complexity index is 652. The Morgan fingerprint density at radius 2 is 1.95 bits per heavy atom. The minimum Gasteiger partial charge on any atom is -0.478 e. The number of hydrogen-bond donors (Lipinski definition) is 3. The summed E-state index contributed by atoms with van der Waals surface area (Å²) in [6, 6.07) is 1.01. The van der Waals surface area contributed by atoms with E-state index < -0.39 is 56.4 Å². The van der Waals surface area contributed by atoms with Crippen molar-refractivity contribution >= 4 is 27.6 Å². The standard InChI is InChI=1S/C10H9ClF3NO5S/c11-8-5(10(17)18)1-4(2-6(8)12)21(19,20)15-3-7(16)9(13)14/h1-2,7,9,15-16H,3H2,(H,17,18). The van der Waals surface area contributed by atoms with Crippen molar-refractivity contribution in [2.75, 3.05) is 6.54 Å². The molecule has 0 fully saturated rings. The lowest BCUT2D eigenvalue weighted by Gasteiger charge is -2.12. The molecule has 0 saturated carbocycles. The number of aliphatic hydroxyl groups is 1. The molecule has 0 saturated heterocycles. The number of halogens is 4. The number of carboxylic acid groups (broad SMARTS) is 1. The van der Waals surface area contributed by atoms with Gasteiger partial charge in [-0.25, -0.2) is 31.1 Å². The zero-order chi connectivity index (χ0) is 16.4. The number of aromatic carboxylic acids is 1. The molecule has 0 aliphatic rings. The number of alkyl halides is 2. The number of carbonyl (C=O) groups is 1. The van der Waals surface area contributed by atoms with E-state index in [1.165, 1.54) is 0 Å². The van der Waals surface area contributed by atoms with Gasteiger partial charge in [0.15, 0.2) is 0 Å². The molecular formula is C10H9ClF3NO5S. The van der Waals surface area contributed by atoms with Gasteiger partial charge in [-0.1, -0.05) is 11.6 Å². The predicted octanol–water partition coefficient (Wildman–Crippen LogP) is 1.08. The van der Waals surface area contributed by atoms with Gasteiger partial charge in [0.1, 0.15) is 11.9 Å². The maximum atomic E-state index is 13.4. The second kappa shape index (κ2) is 6.60. The van der Waals surface area contributed by atoms with E-state index in [0.29, 0.717) is 12.1 Å². The Morgan fingerprint density at radius 3 is 2.43 bits per heavy atom. The normalized spacial score (nSPS) is 13.4. The van der Waals surface area contributed by atoms with Crippen LogP contribution in [0.2, 0.25) is 5.02 Å². The molecular weight excluding hydrogens is 339 g/mol. The quantitative estimate of drug-likeness (QED) is 0.714. The van der Waals surface area contributed by atoms with Crippen molar-refractivity contribution < 1.29 is 36.6 Å². The highest BCUT2D eigenvalue weighted by Gasteiger charge is 2.24. The van der Waals surface area contributed by atoms with Crippen LogP contribution in [0.1, 0.15) is 10.4 Å². The molecule has 1 rings (SSSR count). The summed E-state index contributed by atoms with van der Waals surface area (Å²) in [4.78, 5) is 9.99. The third kappa shape index (κ3) is 4.30. The molecule has 0 radical (unpaired) electrons. The highest BCUT2D eigenvalue weighted by molar-refractivity contribution is 7.89. The average molecular weight is 348 g/mol. The Kier molecular flexibility index (Phi) is 5.56. The first-order chi connectivity index (χ1) is 9.56. The molecule has 1 aromatic carbocycles. The largest absolute Gasteiger partial charge is 0.478 e. The molecule has 0 spiro atoms. The van der Waals surface area contributed by atoms with E-state index in [-0.39, 0.29) is 0 Å². The van der Waals surface area contributed by atoms with E-state index in [1.807, 2.05) is 0 Å². The van der Waals surface area contributed by atoms with Gasteiger partial charge in [-0.3, -0.25) is 0 Å². The predicted molar refractivity (Wildman–Crippen MR) is 65.6 cm³/mol. The molecule has 1 atom stereocenters. The Balaban J connectivity index is 3.12. The zero-order valence-corrected chi connectivity index (χ0v) is 11.6. The van der Waals surface area contributed by atoms with Gasteiger partial charge in [-0.15, -0.1) is 0 Å². The summed E-state index contributed by atoms with van der Waals surface area (Å²) in [5.41, 5.74) is -0.800. The van der Waals surface area contributed by atoms with Gasteiger partial charge in [0.2, 0.25) is 10.0 Å². The van der Waals surface area contributed by atoms with Crippen molar-refractivity contribution in [1.29, 1.82) is 0 Å². The number of sulfonamides is 1. The summed E-state index contributed by atoms with van der Waals surface area (Å²) in [6.45, 7) is -1.02. The Hall–Kier alpha value is -1.36. The van der Waals surface area contributed by atoms with Gasteiger partial charge in [0.05, 0.1) is 15.5 Å². The summed E-state index contributed by atoms with van der Waals surface area (Å²) in [6.07, 6.45) is -5.43. The second-order valence-electron chi connectivity index (χ2n) is 3.83. The molecule has 21 heavy (non-hydrogen) atoms. The first-order valence-corrected chi connectivity index (χ1v) is 7.10. The molecule has 11 heteroatoms.